The Hall–Kier alpha value is -2.43. The molecule has 0 unspecified atom stereocenters. The van der Waals surface area contributed by atoms with E-state index in [1.807, 2.05) is 19.9 Å². The summed E-state index contributed by atoms with van der Waals surface area (Å²) in [5.41, 5.74) is 0.749. The molecule has 1 aromatic heterocycles. The van der Waals surface area contributed by atoms with Crippen LogP contribution in [0.3, 0.4) is 0 Å². The molecule has 5 heteroatoms. The lowest BCUT2D eigenvalue weighted by atomic mass is 10.1. The number of nitrogens with zero attached hydrogens (tertiary/aromatic N) is 2. The molecule has 104 valence electrons. The number of benzene rings is 1. The summed E-state index contributed by atoms with van der Waals surface area (Å²) >= 11 is 0. The normalized spacial score (nSPS) is 10.4. The van der Waals surface area contributed by atoms with Crippen LogP contribution in [0.15, 0.2) is 36.7 Å². The fourth-order valence-corrected chi connectivity index (χ4v) is 1.72. The third-order valence-electron chi connectivity index (χ3n) is 2.58. The third kappa shape index (κ3) is 3.12. The molecule has 5 nitrogen and oxygen atoms in total. The van der Waals surface area contributed by atoms with E-state index in [1.165, 1.54) is 19.5 Å². The second kappa shape index (κ2) is 6.14. The SMILES string of the molecule is COc1cc(C(=O)c2ccccc2OC(C)C)ncn1. The zero-order valence-corrected chi connectivity index (χ0v) is 11.7. The Morgan fingerprint density at radius 2 is 1.95 bits per heavy atom. The lowest BCUT2D eigenvalue weighted by Crippen LogP contribution is -2.11. The average molecular weight is 272 g/mol. The van der Waals surface area contributed by atoms with Gasteiger partial charge in [-0.3, -0.25) is 4.79 Å². The van der Waals surface area contributed by atoms with Crippen molar-refractivity contribution in [2.24, 2.45) is 0 Å². The van der Waals surface area contributed by atoms with Crippen molar-refractivity contribution in [2.45, 2.75) is 20.0 Å². The Morgan fingerprint density at radius 3 is 2.65 bits per heavy atom. The van der Waals surface area contributed by atoms with Crippen molar-refractivity contribution in [1.29, 1.82) is 0 Å². The Kier molecular flexibility index (Phi) is 4.30. The summed E-state index contributed by atoms with van der Waals surface area (Å²) in [7, 11) is 1.49. The van der Waals surface area contributed by atoms with Crippen LogP contribution < -0.4 is 9.47 Å². The molecule has 0 saturated carbocycles. The molecule has 0 N–H and O–H groups in total. The Bertz CT molecular complexity index is 612. The van der Waals surface area contributed by atoms with Crippen LogP contribution in [0, 0.1) is 0 Å². The number of carbonyl (C=O) groups is 1. The quantitative estimate of drug-likeness (QED) is 0.783. The fourth-order valence-electron chi connectivity index (χ4n) is 1.72. The number of para-hydroxylation sites is 1. The van der Waals surface area contributed by atoms with Gasteiger partial charge in [0, 0.05) is 6.07 Å². The molecule has 0 amide bonds. The van der Waals surface area contributed by atoms with E-state index < -0.39 is 0 Å². The van der Waals surface area contributed by atoms with Gasteiger partial charge in [0.15, 0.2) is 0 Å². The molecule has 0 radical (unpaired) electrons. The summed E-state index contributed by atoms with van der Waals surface area (Å²) in [5.74, 6) is 0.678. The number of hydrogen-bond donors (Lipinski definition) is 0. The number of methoxy groups -OCH3 is 1. The van der Waals surface area contributed by atoms with Gasteiger partial charge in [-0.15, -0.1) is 0 Å². The lowest BCUT2D eigenvalue weighted by molar-refractivity contribution is 0.102. The van der Waals surface area contributed by atoms with E-state index in [9.17, 15) is 4.79 Å². The van der Waals surface area contributed by atoms with Crippen molar-refractivity contribution < 1.29 is 14.3 Å². The summed E-state index contributed by atoms with van der Waals surface area (Å²) in [6.45, 7) is 3.82. The smallest absolute Gasteiger partial charge is 0.216 e. The van der Waals surface area contributed by atoms with Gasteiger partial charge < -0.3 is 9.47 Å². The first-order valence-electron chi connectivity index (χ1n) is 6.28. The van der Waals surface area contributed by atoms with Crippen molar-refractivity contribution >= 4 is 5.78 Å². The average Bonchev–Trinajstić information content (AvgIpc) is 2.46. The van der Waals surface area contributed by atoms with Crippen molar-refractivity contribution in [1.82, 2.24) is 9.97 Å². The summed E-state index contributed by atoms with van der Waals surface area (Å²) < 4.78 is 10.7. The first kappa shape index (κ1) is 14.0. The minimum Gasteiger partial charge on any atom is -0.490 e. The largest absolute Gasteiger partial charge is 0.490 e. The van der Waals surface area contributed by atoms with Crippen LogP contribution in [0.25, 0.3) is 0 Å². The molecule has 1 aromatic carbocycles. The summed E-state index contributed by atoms with van der Waals surface area (Å²) in [4.78, 5) is 20.4. The van der Waals surface area contributed by atoms with Crippen LogP contribution >= 0.6 is 0 Å². The highest BCUT2D eigenvalue weighted by atomic mass is 16.5. The minimum absolute atomic E-state index is 0.0103. The monoisotopic (exact) mass is 272 g/mol. The van der Waals surface area contributed by atoms with Gasteiger partial charge in [-0.2, -0.15) is 0 Å². The van der Waals surface area contributed by atoms with Crippen molar-refractivity contribution in [3.05, 3.63) is 47.9 Å². The Morgan fingerprint density at radius 1 is 1.20 bits per heavy atom. The van der Waals surface area contributed by atoms with Gasteiger partial charge in [0.05, 0.1) is 18.8 Å². The maximum absolute atomic E-state index is 12.5. The highest BCUT2D eigenvalue weighted by Crippen LogP contribution is 2.22. The van der Waals surface area contributed by atoms with Crippen LogP contribution in [-0.2, 0) is 0 Å². The molecule has 1 heterocycles. The second-order valence-electron chi connectivity index (χ2n) is 4.44. The van der Waals surface area contributed by atoms with Gasteiger partial charge in [-0.25, -0.2) is 9.97 Å². The molecule has 0 spiro atoms. The number of hydrogen-bond acceptors (Lipinski definition) is 5. The minimum atomic E-state index is -0.220. The molecule has 2 rings (SSSR count). The standard InChI is InChI=1S/C15H16N2O3/c1-10(2)20-13-7-5-4-6-11(13)15(18)12-8-14(19-3)17-9-16-12/h4-10H,1-3H3. The number of ether oxygens (including phenoxy) is 2. The van der Waals surface area contributed by atoms with Crippen molar-refractivity contribution in [2.75, 3.05) is 7.11 Å². The summed E-state index contributed by atoms with van der Waals surface area (Å²) in [6, 6.07) is 8.61. The lowest BCUT2D eigenvalue weighted by Gasteiger charge is -2.13. The Labute approximate surface area is 117 Å². The van der Waals surface area contributed by atoms with Crippen LogP contribution in [0.5, 0.6) is 11.6 Å². The number of ketones is 1. The van der Waals surface area contributed by atoms with Gasteiger partial charge in [0.2, 0.25) is 11.7 Å². The molecule has 0 aliphatic heterocycles. The van der Waals surface area contributed by atoms with E-state index in [0.717, 1.165) is 0 Å². The van der Waals surface area contributed by atoms with Crippen LogP contribution in [0.1, 0.15) is 29.9 Å². The van der Waals surface area contributed by atoms with Crippen molar-refractivity contribution in [3.8, 4) is 11.6 Å². The topological polar surface area (TPSA) is 61.3 Å². The third-order valence-corrected chi connectivity index (χ3v) is 2.58. The molecule has 0 aliphatic rings. The summed E-state index contributed by atoms with van der Waals surface area (Å²) in [5, 5.41) is 0. The number of rotatable bonds is 5. The fraction of sp³-hybridized carbons (Fsp3) is 0.267. The second-order valence-corrected chi connectivity index (χ2v) is 4.44. The van der Waals surface area contributed by atoms with Gasteiger partial charge in [-0.1, -0.05) is 12.1 Å². The van der Waals surface area contributed by atoms with E-state index in [2.05, 4.69) is 9.97 Å². The molecule has 0 bridgehead atoms. The van der Waals surface area contributed by atoms with Crippen molar-refractivity contribution in [3.63, 3.8) is 0 Å². The maximum Gasteiger partial charge on any atom is 0.216 e. The molecular formula is C15H16N2O3. The first-order valence-corrected chi connectivity index (χ1v) is 6.28. The van der Waals surface area contributed by atoms with E-state index in [4.69, 9.17) is 9.47 Å². The van der Waals surface area contributed by atoms with E-state index >= 15 is 0 Å². The van der Waals surface area contributed by atoms with E-state index in [0.29, 0.717) is 17.2 Å². The van der Waals surface area contributed by atoms with Gasteiger partial charge in [-0.05, 0) is 26.0 Å². The highest BCUT2D eigenvalue weighted by Gasteiger charge is 2.17. The molecule has 0 aliphatic carbocycles. The zero-order valence-electron chi connectivity index (χ0n) is 11.7. The first-order chi connectivity index (χ1) is 9.61. The molecule has 0 fully saturated rings. The van der Waals surface area contributed by atoms with E-state index in [1.54, 1.807) is 18.2 Å². The van der Waals surface area contributed by atoms with Crippen LogP contribution in [-0.4, -0.2) is 29.0 Å². The summed E-state index contributed by atoms with van der Waals surface area (Å²) in [6.07, 6.45) is 1.29. The molecule has 0 saturated heterocycles. The zero-order chi connectivity index (χ0) is 14.5. The predicted octanol–water partition coefficient (Wildman–Crippen LogP) is 2.50. The molecule has 2 aromatic rings. The molecule has 0 atom stereocenters. The van der Waals surface area contributed by atoms with Gasteiger partial charge in [0.1, 0.15) is 17.8 Å². The van der Waals surface area contributed by atoms with Crippen LogP contribution in [0.4, 0.5) is 0 Å². The Balaban J connectivity index is 2.37. The van der Waals surface area contributed by atoms with Crippen LogP contribution in [0.2, 0.25) is 0 Å². The predicted molar refractivity (Wildman–Crippen MR) is 74.2 cm³/mol. The number of carbonyl (C=O) groups excluding carboxylic acids is 1. The molecular weight excluding hydrogens is 256 g/mol. The molecule has 20 heavy (non-hydrogen) atoms. The van der Waals surface area contributed by atoms with Gasteiger partial charge in [0.25, 0.3) is 0 Å². The highest BCUT2D eigenvalue weighted by molar-refractivity contribution is 6.09. The van der Waals surface area contributed by atoms with E-state index in [-0.39, 0.29) is 17.6 Å². The number of aromatic nitrogens is 2. The maximum atomic E-state index is 12.5. The van der Waals surface area contributed by atoms with Gasteiger partial charge >= 0.3 is 0 Å².